The van der Waals surface area contributed by atoms with Gasteiger partial charge in [0, 0.05) is 25.0 Å². The van der Waals surface area contributed by atoms with Gasteiger partial charge in [0.2, 0.25) is 17.6 Å². The number of rotatable bonds is 7. The maximum Gasteiger partial charge on any atom is 0.246 e. The monoisotopic (exact) mass is 338 g/mol. The molecule has 7 heteroatoms. The molecular formula is C18H18N4O3. The van der Waals surface area contributed by atoms with E-state index < -0.39 is 0 Å². The van der Waals surface area contributed by atoms with Crippen molar-refractivity contribution in [3.05, 3.63) is 60.7 Å². The van der Waals surface area contributed by atoms with Gasteiger partial charge in [0.1, 0.15) is 5.75 Å². The van der Waals surface area contributed by atoms with Gasteiger partial charge in [0.15, 0.2) is 0 Å². The van der Waals surface area contributed by atoms with Gasteiger partial charge in [-0.2, -0.15) is 4.98 Å². The molecule has 1 amide bonds. The highest BCUT2D eigenvalue weighted by Gasteiger charge is 2.14. The Morgan fingerprint density at radius 1 is 1.16 bits per heavy atom. The minimum atomic E-state index is -0.0559. The van der Waals surface area contributed by atoms with Crippen molar-refractivity contribution in [2.75, 3.05) is 13.7 Å². The number of carbonyl (C=O) groups excluding carboxylic acids is 1. The summed E-state index contributed by atoms with van der Waals surface area (Å²) in [4.78, 5) is 22.0. The lowest BCUT2D eigenvalue weighted by Gasteiger charge is -2.14. The van der Waals surface area contributed by atoms with Crippen LogP contribution in [-0.2, 0) is 11.3 Å². The number of carbonyl (C=O) groups is 1. The summed E-state index contributed by atoms with van der Waals surface area (Å²) in [5, 5.41) is 3.92. The summed E-state index contributed by atoms with van der Waals surface area (Å²) < 4.78 is 10.7. The van der Waals surface area contributed by atoms with Crippen LogP contribution in [-0.4, -0.2) is 39.6 Å². The lowest BCUT2D eigenvalue weighted by atomic mass is 10.2. The van der Waals surface area contributed by atoms with E-state index in [1.165, 1.54) is 4.90 Å². The summed E-state index contributed by atoms with van der Waals surface area (Å²) in [5.41, 5.74) is 0.815. The van der Waals surface area contributed by atoms with Gasteiger partial charge in [-0.1, -0.05) is 23.4 Å². The van der Waals surface area contributed by atoms with Gasteiger partial charge >= 0.3 is 0 Å². The molecule has 2 aromatic heterocycles. The third-order valence-corrected chi connectivity index (χ3v) is 3.53. The van der Waals surface area contributed by atoms with Crippen LogP contribution in [0.15, 0.2) is 59.4 Å². The maximum atomic E-state index is 12.2. The van der Waals surface area contributed by atoms with Crippen LogP contribution in [0.3, 0.4) is 0 Å². The van der Waals surface area contributed by atoms with Crippen molar-refractivity contribution < 1.29 is 14.1 Å². The number of amides is 1. The van der Waals surface area contributed by atoms with Gasteiger partial charge in [0.05, 0.1) is 19.6 Å². The normalized spacial score (nSPS) is 10.4. The van der Waals surface area contributed by atoms with Gasteiger partial charge in [-0.05, 0) is 24.3 Å². The van der Waals surface area contributed by atoms with E-state index in [4.69, 9.17) is 9.26 Å². The molecule has 7 nitrogen and oxygen atoms in total. The zero-order valence-electron chi connectivity index (χ0n) is 13.8. The second-order valence-electron chi connectivity index (χ2n) is 5.41. The second kappa shape index (κ2) is 8.05. The van der Waals surface area contributed by atoms with Gasteiger partial charge in [-0.25, -0.2) is 0 Å². The average Bonchev–Trinajstić information content (AvgIpc) is 3.12. The first-order valence-corrected chi connectivity index (χ1v) is 7.87. The Hall–Kier alpha value is -3.22. The molecule has 3 aromatic rings. The lowest BCUT2D eigenvalue weighted by Crippen LogP contribution is -2.27. The fourth-order valence-corrected chi connectivity index (χ4v) is 2.19. The molecule has 128 valence electrons. The van der Waals surface area contributed by atoms with Gasteiger partial charge in [0.25, 0.3) is 0 Å². The van der Waals surface area contributed by atoms with Gasteiger partial charge in [-0.15, -0.1) is 0 Å². The maximum absolute atomic E-state index is 12.2. The predicted octanol–water partition coefficient (Wildman–Crippen LogP) is 2.56. The number of pyridine rings is 1. The molecule has 0 aliphatic rings. The summed E-state index contributed by atoms with van der Waals surface area (Å²) in [7, 11) is 1.70. The summed E-state index contributed by atoms with van der Waals surface area (Å²) in [5.74, 6) is 1.55. The summed E-state index contributed by atoms with van der Waals surface area (Å²) in [6.45, 7) is 0.571. The summed E-state index contributed by atoms with van der Waals surface area (Å²) in [6.07, 6.45) is 3.60. The molecule has 3 rings (SSSR count). The molecule has 0 atom stereocenters. The van der Waals surface area contributed by atoms with Crippen LogP contribution in [0.2, 0.25) is 0 Å². The van der Waals surface area contributed by atoms with Crippen molar-refractivity contribution in [1.29, 1.82) is 0 Å². The number of ether oxygens (including phenoxy) is 1. The molecule has 0 fully saturated rings. The zero-order chi connectivity index (χ0) is 17.5. The highest BCUT2D eigenvalue weighted by Crippen LogP contribution is 2.15. The largest absolute Gasteiger partial charge is 0.493 e. The average molecular weight is 338 g/mol. The zero-order valence-corrected chi connectivity index (χ0v) is 13.8. The Morgan fingerprint density at radius 2 is 1.92 bits per heavy atom. The molecular weight excluding hydrogens is 320 g/mol. The molecule has 0 aliphatic heterocycles. The van der Waals surface area contributed by atoms with Crippen molar-refractivity contribution in [2.24, 2.45) is 0 Å². The van der Waals surface area contributed by atoms with Crippen LogP contribution >= 0.6 is 0 Å². The quantitative estimate of drug-likeness (QED) is 0.658. The minimum absolute atomic E-state index is 0.0559. The predicted molar refractivity (Wildman–Crippen MR) is 90.6 cm³/mol. The SMILES string of the molecule is CN(Cc1nc(-c2ccncc2)no1)C(=O)CCOc1ccccc1. The van der Waals surface area contributed by atoms with E-state index in [0.29, 0.717) is 18.3 Å². The van der Waals surface area contributed by atoms with Gasteiger partial charge < -0.3 is 14.2 Å². The molecule has 0 saturated heterocycles. The Kier molecular flexibility index (Phi) is 5.36. The molecule has 25 heavy (non-hydrogen) atoms. The molecule has 2 heterocycles. The lowest BCUT2D eigenvalue weighted by molar-refractivity contribution is -0.131. The molecule has 1 aromatic carbocycles. The smallest absolute Gasteiger partial charge is 0.246 e. The molecule has 0 spiro atoms. The van der Waals surface area contributed by atoms with Crippen molar-refractivity contribution in [1.82, 2.24) is 20.0 Å². The highest BCUT2D eigenvalue weighted by molar-refractivity contribution is 5.75. The molecule has 0 radical (unpaired) electrons. The summed E-state index contributed by atoms with van der Waals surface area (Å²) in [6, 6.07) is 13.0. The molecule has 0 aliphatic carbocycles. The van der Waals surface area contributed by atoms with Gasteiger partial charge in [-0.3, -0.25) is 9.78 Å². The molecule has 0 N–H and O–H groups in total. The molecule has 0 unspecified atom stereocenters. The van der Waals surface area contributed by atoms with Crippen LogP contribution in [0.4, 0.5) is 0 Å². The Bertz CT molecular complexity index is 805. The van der Waals surface area contributed by atoms with E-state index in [2.05, 4.69) is 15.1 Å². The fourth-order valence-electron chi connectivity index (χ4n) is 2.19. The van der Waals surface area contributed by atoms with Crippen molar-refractivity contribution in [2.45, 2.75) is 13.0 Å². The fraction of sp³-hybridized carbons (Fsp3) is 0.222. The minimum Gasteiger partial charge on any atom is -0.493 e. The van der Waals surface area contributed by atoms with Crippen LogP contribution in [0.5, 0.6) is 5.75 Å². The second-order valence-corrected chi connectivity index (χ2v) is 5.41. The third kappa shape index (κ3) is 4.63. The number of nitrogens with zero attached hydrogens (tertiary/aromatic N) is 4. The van der Waals surface area contributed by atoms with E-state index in [-0.39, 0.29) is 18.9 Å². The van der Waals surface area contributed by atoms with Crippen LogP contribution < -0.4 is 4.74 Å². The van der Waals surface area contributed by atoms with Crippen LogP contribution in [0, 0.1) is 0 Å². The molecule has 0 saturated carbocycles. The van der Waals surface area contributed by atoms with Crippen LogP contribution in [0.25, 0.3) is 11.4 Å². The van der Waals surface area contributed by atoms with E-state index >= 15 is 0 Å². The first kappa shape index (κ1) is 16.6. The topological polar surface area (TPSA) is 81.4 Å². The standard InChI is InChI=1S/C18H18N4O3/c1-22(17(23)9-12-24-15-5-3-2-4-6-15)13-16-20-18(21-25-16)14-7-10-19-11-8-14/h2-8,10-11H,9,12-13H2,1H3. The molecule has 0 bridgehead atoms. The number of para-hydroxylation sites is 1. The highest BCUT2D eigenvalue weighted by atomic mass is 16.5. The first-order chi connectivity index (χ1) is 12.2. The van der Waals surface area contributed by atoms with Crippen molar-refractivity contribution in [3.63, 3.8) is 0 Å². The van der Waals surface area contributed by atoms with E-state index in [1.54, 1.807) is 31.6 Å². The number of hydrogen-bond acceptors (Lipinski definition) is 6. The number of hydrogen-bond donors (Lipinski definition) is 0. The van der Waals surface area contributed by atoms with Crippen molar-refractivity contribution in [3.8, 4) is 17.1 Å². The van der Waals surface area contributed by atoms with E-state index in [0.717, 1.165) is 11.3 Å². The number of benzene rings is 1. The van der Waals surface area contributed by atoms with E-state index in [1.807, 2.05) is 30.3 Å². The Morgan fingerprint density at radius 3 is 2.68 bits per heavy atom. The Balaban J connectivity index is 1.49. The summed E-state index contributed by atoms with van der Waals surface area (Å²) >= 11 is 0. The van der Waals surface area contributed by atoms with Crippen LogP contribution in [0.1, 0.15) is 12.3 Å². The third-order valence-electron chi connectivity index (χ3n) is 3.53. The Labute approximate surface area is 145 Å². The van der Waals surface area contributed by atoms with Crippen molar-refractivity contribution >= 4 is 5.91 Å². The first-order valence-electron chi connectivity index (χ1n) is 7.87. The number of aromatic nitrogens is 3. The van der Waals surface area contributed by atoms with E-state index in [9.17, 15) is 4.79 Å².